The van der Waals surface area contributed by atoms with Crippen molar-refractivity contribution in [3.05, 3.63) is 35.4 Å². The van der Waals surface area contributed by atoms with Crippen molar-refractivity contribution in [1.29, 1.82) is 0 Å². The molecule has 0 aromatic heterocycles. The van der Waals surface area contributed by atoms with Crippen LogP contribution in [0.25, 0.3) is 0 Å². The summed E-state index contributed by atoms with van der Waals surface area (Å²) in [6.45, 7) is 6.41. The van der Waals surface area contributed by atoms with E-state index in [9.17, 15) is 5.11 Å². The molecule has 1 aromatic rings. The number of aliphatic hydroxyl groups is 1. The van der Waals surface area contributed by atoms with Crippen molar-refractivity contribution in [3.63, 3.8) is 0 Å². The van der Waals surface area contributed by atoms with Crippen molar-refractivity contribution in [3.8, 4) is 0 Å². The third-order valence-corrected chi connectivity index (χ3v) is 2.21. The Morgan fingerprint density at radius 2 is 1.80 bits per heavy atom. The maximum absolute atomic E-state index is 9.70. The Bertz CT molecular complexity index is 277. The van der Waals surface area contributed by atoms with E-state index in [0.717, 1.165) is 5.56 Å². The third kappa shape index (κ3) is 4.96. The second kappa shape index (κ2) is 5.89. The van der Waals surface area contributed by atoms with Crippen molar-refractivity contribution in [2.24, 2.45) is 0 Å². The summed E-state index contributed by atoms with van der Waals surface area (Å²) in [6.07, 6.45) is 0.431. The van der Waals surface area contributed by atoms with Gasteiger partial charge in [-0.1, -0.05) is 29.8 Å². The van der Waals surface area contributed by atoms with Gasteiger partial charge < -0.3 is 9.84 Å². The van der Waals surface area contributed by atoms with Gasteiger partial charge in [0.15, 0.2) is 0 Å². The van der Waals surface area contributed by atoms with Crippen LogP contribution in [0.5, 0.6) is 0 Å². The molecule has 0 aliphatic heterocycles. The van der Waals surface area contributed by atoms with Crippen molar-refractivity contribution in [2.45, 2.75) is 39.4 Å². The lowest BCUT2D eigenvalue weighted by Gasteiger charge is -2.13. The summed E-state index contributed by atoms with van der Waals surface area (Å²) in [5.74, 6) is 0. The van der Waals surface area contributed by atoms with E-state index < -0.39 is 6.10 Å². The average Bonchev–Trinajstić information content (AvgIpc) is 2.19. The van der Waals surface area contributed by atoms with Gasteiger partial charge in [0.25, 0.3) is 0 Å². The standard InChI is InChI=1S/C13H20O2/c1-10(2)15-9-13(14)8-12-6-4-11(3)5-7-12/h4-7,10,13-14H,8-9H2,1-3H3. The van der Waals surface area contributed by atoms with Gasteiger partial charge in [-0.25, -0.2) is 0 Å². The maximum Gasteiger partial charge on any atom is 0.0814 e. The van der Waals surface area contributed by atoms with Crippen molar-refractivity contribution in [1.82, 2.24) is 0 Å². The second-order valence-corrected chi connectivity index (χ2v) is 4.23. The number of hydrogen-bond donors (Lipinski definition) is 1. The first kappa shape index (κ1) is 12.2. The molecule has 15 heavy (non-hydrogen) atoms. The molecular weight excluding hydrogens is 188 g/mol. The molecule has 84 valence electrons. The predicted molar refractivity (Wildman–Crippen MR) is 62.0 cm³/mol. The van der Waals surface area contributed by atoms with Gasteiger partial charge in [0, 0.05) is 6.42 Å². The molecule has 0 heterocycles. The van der Waals surface area contributed by atoms with E-state index in [0.29, 0.717) is 13.0 Å². The molecule has 2 heteroatoms. The van der Waals surface area contributed by atoms with Crippen LogP contribution in [0.4, 0.5) is 0 Å². The first-order chi connectivity index (χ1) is 7.08. The highest BCUT2D eigenvalue weighted by Gasteiger charge is 2.06. The fourth-order valence-electron chi connectivity index (χ4n) is 1.36. The normalized spacial score (nSPS) is 13.1. The number of hydrogen-bond acceptors (Lipinski definition) is 2. The van der Waals surface area contributed by atoms with Gasteiger partial charge in [-0.2, -0.15) is 0 Å². The summed E-state index contributed by atoms with van der Waals surface area (Å²) in [4.78, 5) is 0. The second-order valence-electron chi connectivity index (χ2n) is 4.23. The third-order valence-electron chi connectivity index (χ3n) is 2.21. The molecule has 2 nitrogen and oxygen atoms in total. The topological polar surface area (TPSA) is 29.5 Å². The van der Waals surface area contributed by atoms with Crippen LogP contribution in [0.1, 0.15) is 25.0 Å². The van der Waals surface area contributed by atoms with E-state index in [1.165, 1.54) is 5.56 Å². The van der Waals surface area contributed by atoms with Crippen LogP contribution in [0.3, 0.4) is 0 Å². The van der Waals surface area contributed by atoms with Gasteiger partial charge in [-0.05, 0) is 26.3 Å². The van der Waals surface area contributed by atoms with E-state index in [-0.39, 0.29) is 6.10 Å². The molecule has 0 saturated carbocycles. The van der Waals surface area contributed by atoms with Gasteiger partial charge in [0.05, 0.1) is 18.8 Å². The fourth-order valence-corrected chi connectivity index (χ4v) is 1.36. The van der Waals surface area contributed by atoms with Crippen molar-refractivity contribution in [2.75, 3.05) is 6.61 Å². The van der Waals surface area contributed by atoms with Crippen LogP contribution in [0.15, 0.2) is 24.3 Å². The molecule has 0 spiro atoms. The first-order valence-electron chi connectivity index (χ1n) is 5.43. The molecule has 0 fully saturated rings. The monoisotopic (exact) mass is 208 g/mol. The van der Waals surface area contributed by atoms with Gasteiger partial charge in [-0.15, -0.1) is 0 Å². The van der Waals surface area contributed by atoms with Crippen LogP contribution in [-0.4, -0.2) is 23.9 Å². The number of aliphatic hydroxyl groups excluding tert-OH is 1. The summed E-state index contributed by atoms with van der Waals surface area (Å²) in [7, 11) is 0. The summed E-state index contributed by atoms with van der Waals surface area (Å²) >= 11 is 0. The summed E-state index contributed by atoms with van der Waals surface area (Å²) in [5.41, 5.74) is 2.40. The molecule has 0 aliphatic carbocycles. The molecule has 0 aliphatic rings. The zero-order valence-electron chi connectivity index (χ0n) is 9.73. The highest BCUT2D eigenvalue weighted by Crippen LogP contribution is 2.06. The Morgan fingerprint density at radius 3 is 2.33 bits per heavy atom. The molecule has 1 rings (SSSR count). The van der Waals surface area contributed by atoms with E-state index in [4.69, 9.17) is 4.74 Å². The number of rotatable bonds is 5. The summed E-state index contributed by atoms with van der Waals surface area (Å²) in [6, 6.07) is 8.22. The van der Waals surface area contributed by atoms with E-state index in [1.807, 2.05) is 26.0 Å². The quantitative estimate of drug-likeness (QED) is 0.804. The number of ether oxygens (including phenoxy) is 1. The zero-order chi connectivity index (χ0) is 11.3. The van der Waals surface area contributed by atoms with Gasteiger partial charge in [0.1, 0.15) is 0 Å². The minimum atomic E-state index is -0.407. The molecule has 0 bridgehead atoms. The molecular formula is C13H20O2. The minimum absolute atomic E-state index is 0.178. The Hall–Kier alpha value is -0.860. The van der Waals surface area contributed by atoms with Crippen molar-refractivity contribution >= 4 is 0 Å². The lowest BCUT2D eigenvalue weighted by Crippen LogP contribution is -2.20. The SMILES string of the molecule is Cc1ccc(CC(O)COC(C)C)cc1. The molecule has 0 radical (unpaired) electrons. The number of aryl methyl sites for hydroxylation is 1. The Kier molecular flexibility index (Phi) is 4.79. The van der Waals surface area contributed by atoms with Crippen molar-refractivity contribution < 1.29 is 9.84 Å². The van der Waals surface area contributed by atoms with Crippen LogP contribution in [0, 0.1) is 6.92 Å². The molecule has 1 aromatic carbocycles. The lowest BCUT2D eigenvalue weighted by molar-refractivity contribution is 0.00621. The van der Waals surface area contributed by atoms with Crippen LogP contribution in [-0.2, 0) is 11.2 Å². The maximum atomic E-state index is 9.70. The fraction of sp³-hybridized carbons (Fsp3) is 0.538. The summed E-state index contributed by atoms with van der Waals surface area (Å²) in [5, 5.41) is 9.70. The lowest BCUT2D eigenvalue weighted by atomic mass is 10.1. The highest BCUT2D eigenvalue weighted by atomic mass is 16.5. The average molecular weight is 208 g/mol. The Labute approximate surface area is 91.9 Å². The van der Waals surface area contributed by atoms with Gasteiger partial charge in [0.2, 0.25) is 0 Å². The van der Waals surface area contributed by atoms with Crippen LogP contribution in [0.2, 0.25) is 0 Å². The Morgan fingerprint density at radius 1 is 1.20 bits per heavy atom. The minimum Gasteiger partial charge on any atom is -0.390 e. The first-order valence-corrected chi connectivity index (χ1v) is 5.43. The smallest absolute Gasteiger partial charge is 0.0814 e. The van der Waals surface area contributed by atoms with E-state index in [2.05, 4.69) is 19.1 Å². The summed E-state index contributed by atoms with van der Waals surface area (Å²) < 4.78 is 5.35. The molecule has 1 N–H and O–H groups in total. The molecule has 1 unspecified atom stereocenters. The molecule has 0 saturated heterocycles. The zero-order valence-corrected chi connectivity index (χ0v) is 9.73. The van der Waals surface area contributed by atoms with Crippen LogP contribution >= 0.6 is 0 Å². The number of benzene rings is 1. The van der Waals surface area contributed by atoms with Gasteiger partial charge in [-0.3, -0.25) is 0 Å². The predicted octanol–water partition coefficient (Wildman–Crippen LogP) is 2.32. The highest BCUT2D eigenvalue weighted by molar-refractivity contribution is 5.21. The van der Waals surface area contributed by atoms with Gasteiger partial charge >= 0.3 is 0 Å². The molecule has 0 amide bonds. The van der Waals surface area contributed by atoms with E-state index in [1.54, 1.807) is 0 Å². The Balaban J connectivity index is 2.37. The molecule has 1 atom stereocenters. The van der Waals surface area contributed by atoms with Crippen LogP contribution < -0.4 is 0 Å². The largest absolute Gasteiger partial charge is 0.390 e. The van der Waals surface area contributed by atoms with E-state index >= 15 is 0 Å².